The van der Waals surface area contributed by atoms with Gasteiger partial charge in [-0.05, 0) is 30.2 Å². The van der Waals surface area contributed by atoms with Crippen LogP contribution in [-0.2, 0) is 21.0 Å². The molecule has 1 N–H and O–H groups in total. The Morgan fingerprint density at radius 1 is 1.22 bits per heavy atom. The summed E-state index contributed by atoms with van der Waals surface area (Å²) in [7, 11) is 1.63. The molecule has 0 radical (unpaired) electrons. The van der Waals surface area contributed by atoms with E-state index >= 15 is 0 Å². The summed E-state index contributed by atoms with van der Waals surface area (Å²) in [6.07, 6.45) is 0.761. The first kappa shape index (κ1) is 20.0. The molecule has 0 aromatic heterocycles. The fraction of sp³-hybridized carbons (Fsp3) is 0.211. The number of amides is 2. The third-order valence-electron chi connectivity index (χ3n) is 3.72. The Kier molecular flexibility index (Phi) is 6.99. The SMILES string of the molecule is Cc1ccccc1CN(C)C(=O)CON=CC(=O)Nc1ccc(F)cc1F. The van der Waals surface area contributed by atoms with Gasteiger partial charge in [-0.1, -0.05) is 29.4 Å². The number of nitrogens with one attached hydrogen (secondary N) is 1. The summed E-state index contributed by atoms with van der Waals surface area (Å²) in [6, 6.07) is 10.4. The van der Waals surface area contributed by atoms with Crippen molar-refractivity contribution in [2.45, 2.75) is 13.5 Å². The third kappa shape index (κ3) is 6.18. The minimum Gasteiger partial charge on any atom is -0.386 e. The van der Waals surface area contributed by atoms with E-state index in [2.05, 4.69) is 10.5 Å². The molecule has 27 heavy (non-hydrogen) atoms. The normalized spacial score (nSPS) is 10.7. The molecule has 8 heteroatoms. The Balaban J connectivity index is 1.78. The largest absolute Gasteiger partial charge is 0.386 e. The molecule has 0 fully saturated rings. The molecule has 142 valence electrons. The standard InChI is InChI=1S/C19H19F2N3O3/c1-13-5-3-4-6-14(13)11-24(2)19(26)12-27-22-10-18(25)23-17-8-7-15(20)9-16(17)21/h3-10H,11-12H2,1-2H3,(H,23,25). The van der Waals surface area contributed by atoms with Crippen molar-refractivity contribution in [3.05, 3.63) is 65.2 Å². The molecule has 0 aliphatic carbocycles. The third-order valence-corrected chi connectivity index (χ3v) is 3.72. The number of anilines is 1. The molecule has 0 saturated carbocycles. The van der Waals surface area contributed by atoms with Crippen LogP contribution in [-0.4, -0.2) is 36.6 Å². The van der Waals surface area contributed by atoms with Crippen LogP contribution in [0.3, 0.4) is 0 Å². The van der Waals surface area contributed by atoms with E-state index in [4.69, 9.17) is 4.84 Å². The average molecular weight is 375 g/mol. The highest BCUT2D eigenvalue weighted by Crippen LogP contribution is 2.14. The van der Waals surface area contributed by atoms with Gasteiger partial charge in [0.25, 0.3) is 11.8 Å². The van der Waals surface area contributed by atoms with Crippen LogP contribution in [0.4, 0.5) is 14.5 Å². The molecule has 0 bridgehead atoms. The zero-order valence-corrected chi connectivity index (χ0v) is 14.9. The Morgan fingerprint density at radius 2 is 1.96 bits per heavy atom. The Hall–Kier alpha value is -3.29. The quantitative estimate of drug-likeness (QED) is 0.598. The number of hydrogen-bond acceptors (Lipinski definition) is 4. The van der Waals surface area contributed by atoms with Crippen LogP contribution in [0.25, 0.3) is 0 Å². The lowest BCUT2D eigenvalue weighted by Gasteiger charge is -2.17. The predicted molar refractivity (Wildman–Crippen MR) is 97.1 cm³/mol. The average Bonchev–Trinajstić information content (AvgIpc) is 2.63. The van der Waals surface area contributed by atoms with E-state index in [1.807, 2.05) is 31.2 Å². The number of carbonyl (C=O) groups excluding carboxylic acids is 2. The maximum absolute atomic E-state index is 13.4. The lowest BCUT2D eigenvalue weighted by atomic mass is 10.1. The highest BCUT2D eigenvalue weighted by atomic mass is 19.1. The minimum atomic E-state index is -0.911. The van der Waals surface area contributed by atoms with Gasteiger partial charge in [0.15, 0.2) is 6.61 Å². The first-order chi connectivity index (χ1) is 12.9. The van der Waals surface area contributed by atoms with Crippen molar-refractivity contribution in [2.24, 2.45) is 5.16 Å². The van der Waals surface area contributed by atoms with E-state index in [1.165, 1.54) is 4.90 Å². The van der Waals surface area contributed by atoms with Gasteiger partial charge in [0.2, 0.25) is 0 Å². The van der Waals surface area contributed by atoms with Gasteiger partial charge >= 0.3 is 0 Å². The van der Waals surface area contributed by atoms with E-state index < -0.39 is 17.5 Å². The van der Waals surface area contributed by atoms with Gasteiger partial charge in [-0.15, -0.1) is 0 Å². The Morgan fingerprint density at radius 3 is 2.67 bits per heavy atom. The van der Waals surface area contributed by atoms with Crippen molar-refractivity contribution < 1.29 is 23.2 Å². The molecule has 0 aliphatic rings. The number of likely N-dealkylation sites (N-methyl/N-ethyl adjacent to an activating group) is 1. The second-order valence-electron chi connectivity index (χ2n) is 5.80. The van der Waals surface area contributed by atoms with E-state index in [1.54, 1.807) is 7.05 Å². The van der Waals surface area contributed by atoms with Crippen LogP contribution in [0.15, 0.2) is 47.6 Å². The highest BCUT2D eigenvalue weighted by molar-refractivity contribution is 6.31. The fourth-order valence-corrected chi connectivity index (χ4v) is 2.17. The minimum absolute atomic E-state index is 0.193. The molecule has 0 unspecified atom stereocenters. The number of nitrogens with zero attached hydrogens (tertiary/aromatic N) is 2. The molecule has 0 heterocycles. The number of rotatable bonds is 7. The van der Waals surface area contributed by atoms with Crippen LogP contribution >= 0.6 is 0 Å². The molecule has 0 saturated heterocycles. The molecule has 0 atom stereocenters. The summed E-state index contributed by atoms with van der Waals surface area (Å²) >= 11 is 0. The second-order valence-corrected chi connectivity index (χ2v) is 5.80. The lowest BCUT2D eigenvalue weighted by molar-refractivity contribution is -0.135. The van der Waals surface area contributed by atoms with Crippen molar-refractivity contribution in [2.75, 3.05) is 19.0 Å². The van der Waals surface area contributed by atoms with Crippen LogP contribution < -0.4 is 5.32 Å². The zero-order chi connectivity index (χ0) is 19.8. The topological polar surface area (TPSA) is 71.0 Å². The number of aryl methyl sites for hydroxylation is 1. The summed E-state index contributed by atoms with van der Waals surface area (Å²) in [5.74, 6) is -2.76. The van der Waals surface area contributed by atoms with Gasteiger partial charge < -0.3 is 15.1 Å². The predicted octanol–water partition coefficient (Wildman–Crippen LogP) is 2.87. The number of halogens is 2. The molecule has 2 aromatic rings. The van der Waals surface area contributed by atoms with E-state index in [0.29, 0.717) is 12.6 Å². The van der Waals surface area contributed by atoms with Gasteiger partial charge in [0.1, 0.15) is 17.8 Å². The summed E-state index contributed by atoms with van der Waals surface area (Å²) in [6.45, 7) is 2.02. The number of hydrogen-bond donors (Lipinski definition) is 1. The summed E-state index contributed by atoms with van der Waals surface area (Å²) in [5.41, 5.74) is 1.89. The van der Waals surface area contributed by atoms with Crippen molar-refractivity contribution in [3.8, 4) is 0 Å². The van der Waals surface area contributed by atoms with Crippen LogP contribution in [0, 0.1) is 18.6 Å². The van der Waals surface area contributed by atoms with E-state index in [0.717, 1.165) is 29.5 Å². The molecule has 2 amide bonds. The van der Waals surface area contributed by atoms with Crippen molar-refractivity contribution in [1.29, 1.82) is 0 Å². The number of benzene rings is 2. The van der Waals surface area contributed by atoms with Crippen LogP contribution in [0.2, 0.25) is 0 Å². The molecular weight excluding hydrogens is 356 g/mol. The van der Waals surface area contributed by atoms with Crippen molar-refractivity contribution in [3.63, 3.8) is 0 Å². The highest BCUT2D eigenvalue weighted by Gasteiger charge is 2.11. The second kappa shape index (κ2) is 9.42. The number of carbonyl (C=O) groups is 2. The van der Waals surface area contributed by atoms with E-state index in [-0.39, 0.29) is 18.2 Å². The summed E-state index contributed by atoms with van der Waals surface area (Å²) in [5, 5.41) is 5.56. The number of oxime groups is 1. The van der Waals surface area contributed by atoms with Crippen LogP contribution in [0.5, 0.6) is 0 Å². The first-order valence-electron chi connectivity index (χ1n) is 8.06. The molecule has 6 nitrogen and oxygen atoms in total. The zero-order valence-electron chi connectivity index (χ0n) is 14.9. The maximum Gasteiger partial charge on any atom is 0.270 e. The fourth-order valence-electron chi connectivity index (χ4n) is 2.17. The van der Waals surface area contributed by atoms with Gasteiger partial charge in [-0.25, -0.2) is 8.78 Å². The van der Waals surface area contributed by atoms with Crippen LogP contribution in [0.1, 0.15) is 11.1 Å². The van der Waals surface area contributed by atoms with Crippen molar-refractivity contribution >= 4 is 23.7 Å². The maximum atomic E-state index is 13.4. The monoisotopic (exact) mass is 375 g/mol. The summed E-state index contributed by atoms with van der Waals surface area (Å²) in [4.78, 5) is 29.9. The van der Waals surface area contributed by atoms with Gasteiger partial charge in [0, 0.05) is 19.7 Å². The van der Waals surface area contributed by atoms with Gasteiger partial charge in [-0.2, -0.15) is 0 Å². The van der Waals surface area contributed by atoms with Gasteiger partial charge in [-0.3, -0.25) is 9.59 Å². The molecule has 0 aliphatic heterocycles. The smallest absolute Gasteiger partial charge is 0.270 e. The Bertz CT molecular complexity index is 856. The molecular formula is C19H19F2N3O3. The molecule has 2 aromatic carbocycles. The van der Waals surface area contributed by atoms with Gasteiger partial charge in [0.05, 0.1) is 5.69 Å². The van der Waals surface area contributed by atoms with E-state index in [9.17, 15) is 18.4 Å². The molecule has 2 rings (SSSR count). The summed E-state index contributed by atoms with van der Waals surface area (Å²) < 4.78 is 26.2. The van der Waals surface area contributed by atoms with Crippen molar-refractivity contribution in [1.82, 2.24) is 4.90 Å². The first-order valence-corrected chi connectivity index (χ1v) is 8.06. The Labute approximate surface area is 155 Å². The molecule has 0 spiro atoms. The lowest BCUT2D eigenvalue weighted by Crippen LogP contribution is -2.29.